The maximum absolute atomic E-state index is 12.0. The quantitative estimate of drug-likeness (QED) is 0.791. The van der Waals surface area contributed by atoms with Crippen molar-refractivity contribution in [2.24, 2.45) is 5.92 Å². The Balaban J connectivity index is 1.85. The summed E-state index contributed by atoms with van der Waals surface area (Å²) in [5.74, 6) is 0.596. The number of nitrogens with one attached hydrogen (secondary N) is 1. The van der Waals surface area contributed by atoms with E-state index in [1.165, 1.54) is 0 Å². The van der Waals surface area contributed by atoms with E-state index >= 15 is 0 Å². The number of fused-ring (bicyclic) bond motifs is 2. The number of carbonyl (C=O) groups is 1. The van der Waals surface area contributed by atoms with Crippen LogP contribution in [0.3, 0.4) is 0 Å². The molecule has 2 aliphatic rings. The number of piperidine rings is 1. The van der Waals surface area contributed by atoms with E-state index in [1.54, 1.807) is 0 Å². The normalized spacial score (nSPS) is 33.7. The molecule has 2 aliphatic heterocycles. The summed E-state index contributed by atoms with van der Waals surface area (Å²) in [5.41, 5.74) is 0. The molecule has 4 nitrogen and oxygen atoms in total. The number of hydrogen-bond acceptors (Lipinski definition) is 3. The van der Waals surface area contributed by atoms with E-state index in [1.807, 2.05) is 0 Å². The van der Waals surface area contributed by atoms with Gasteiger partial charge in [0, 0.05) is 18.1 Å². The standard InChI is InChI=1S/C14H26N2O2/c1-9(2)10(3)15-14(18)8-16-11-4-5-12(16)7-13(17)6-11/h9-13,17H,4-8H2,1-3H3,(H,15,18). The van der Waals surface area contributed by atoms with Crippen molar-refractivity contribution in [3.63, 3.8) is 0 Å². The molecule has 0 aromatic heterocycles. The highest BCUT2D eigenvalue weighted by atomic mass is 16.3. The first-order valence-corrected chi connectivity index (χ1v) is 7.20. The third kappa shape index (κ3) is 3.04. The Hall–Kier alpha value is -0.610. The molecule has 0 aliphatic carbocycles. The molecule has 2 bridgehead atoms. The Morgan fingerprint density at radius 3 is 2.33 bits per heavy atom. The van der Waals surface area contributed by atoms with Gasteiger partial charge in [-0.25, -0.2) is 0 Å². The predicted molar refractivity (Wildman–Crippen MR) is 71.2 cm³/mol. The minimum Gasteiger partial charge on any atom is -0.393 e. The Labute approximate surface area is 110 Å². The summed E-state index contributed by atoms with van der Waals surface area (Å²) in [5, 5.41) is 12.8. The number of hydrogen-bond donors (Lipinski definition) is 2. The van der Waals surface area contributed by atoms with Gasteiger partial charge in [0.25, 0.3) is 0 Å². The molecule has 18 heavy (non-hydrogen) atoms. The lowest BCUT2D eigenvalue weighted by Crippen LogP contribution is -2.50. The molecule has 3 unspecified atom stereocenters. The van der Waals surface area contributed by atoms with Crippen LogP contribution < -0.4 is 5.32 Å². The van der Waals surface area contributed by atoms with Gasteiger partial charge < -0.3 is 10.4 Å². The second-order valence-corrected chi connectivity index (χ2v) is 6.28. The predicted octanol–water partition coefficient (Wildman–Crippen LogP) is 1.13. The summed E-state index contributed by atoms with van der Waals surface area (Å²) in [6, 6.07) is 1.06. The van der Waals surface area contributed by atoms with Crippen LogP contribution in [0.1, 0.15) is 46.5 Å². The van der Waals surface area contributed by atoms with Gasteiger partial charge in [-0.2, -0.15) is 0 Å². The van der Waals surface area contributed by atoms with Gasteiger partial charge in [0.1, 0.15) is 0 Å². The summed E-state index contributed by atoms with van der Waals surface area (Å²) < 4.78 is 0. The molecule has 2 heterocycles. The summed E-state index contributed by atoms with van der Waals surface area (Å²) in [7, 11) is 0. The first kappa shape index (κ1) is 13.8. The molecule has 0 aromatic rings. The van der Waals surface area contributed by atoms with Gasteiger partial charge in [-0.15, -0.1) is 0 Å². The third-order valence-corrected chi connectivity index (χ3v) is 4.57. The molecule has 3 atom stereocenters. The average molecular weight is 254 g/mol. The van der Waals surface area contributed by atoms with Crippen molar-refractivity contribution in [2.75, 3.05) is 6.54 Å². The zero-order valence-electron chi connectivity index (χ0n) is 11.7. The lowest BCUT2D eigenvalue weighted by molar-refractivity contribution is -0.124. The molecule has 0 radical (unpaired) electrons. The van der Waals surface area contributed by atoms with Crippen LogP contribution in [0.25, 0.3) is 0 Å². The minimum atomic E-state index is -0.156. The number of aliphatic hydroxyl groups excluding tert-OH is 1. The van der Waals surface area contributed by atoms with E-state index in [0.717, 1.165) is 25.7 Å². The van der Waals surface area contributed by atoms with E-state index in [4.69, 9.17) is 0 Å². The van der Waals surface area contributed by atoms with Crippen LogP contribution in [0.15, 0.2) is 0 Å². The summed E-state index contributed by atoms with van der Waals surface area (Å²) >= 11 is 0. The average Bonchev–Trinajstić information content (AvgIpc) is 2.52. The number of aliphatic hydroxyl groups is 1. The minimum absolute atomic E-state index is 0.129. The first-order valence-electron chi connectivity index (χ1n) is 7.20. The summed E-state index contributed by atoms with van der Waals surface area (Å²) in [6.07, 6.45) is 3.78. The topological polar surface area (TPSA) is 52.6 Å². The van der Waals surface area contributed by atoms with Gasteiger partial charge in [0.2, 0.25) is 5.91 Å². The highest BCUT2D eigenvalue weighted by Gasteiger charge is 2.40. The monoisotopic (exact) mass is 254 g/mol. The van der Waals surface area contributed by atoms with Gasteiger partial charge in [0.05, 0.1) is 12.6 Å². The number of nitrogens with zero attached hydrogens (tertiary/aromatic N) is 1. The van der Waals surface area contributed by atoms with Crippen LogP contribution in [-0.2, 0) is 4.79 Å². The maximum atomic E-state index is 12.0. The maximum Gasteiger partial charge on any atom is 0.234 e. The molecule has 2 rings (SSSR count). The molecule has 2 saturated heterocycles. The molecule has 104 valence electrons. The summed E-state index contributed by atoms with van der Waals surface area (Å²) in [4.78, 5) is 14.3. The third-order valence-electron chi connectivity index (χ3n) is 4.57. The zero-order valence-corrected chi connectivity index (χ0v) is 11.7. The van der Waals surface area contributed by atoms with Crippen LogP contribution in [-0.4, -0.2) is 46.7 Å². The molecule has 1 amide bonds. The SMILES string of the molecule is CC(C)C(C)NC(=O)CN1C2CCC1CC(O)C2. The van der Waals surface area contributed by atoms with E-state index in [-0.39, 0.29) is 18.1 Å². The van der Waals surface area contributed by atoms with Crippen LogP contribution in [0.2, 0.25) is 0 Å². The van der Waals surface area contributed by atoms with Crippen molar-refractivity contribution in [2.45, 2.75) is 70.7 Å². The Bertz CT molecular complexity index is 292. The van der Waals surface area contributed by atoms with Crippen molar-refractivity contribution < 1.29 is 9.90 Å². The second-order valence-electron chi connectivity index (χ2n) is 6.28. The molecular formula is C14H26N2O2. The number of carbonyl (C=O) groups excluding carboxylic acids is 1. The van der Waals surface area contributed by atoms with Gasteiger partial charge in [-0.3, -0.25) is 9.69 Å². The second kappa shape index (κ2) is 5.57. The fourth-order valence-corrected chi connectivity index (χ4v) is 3.14. The fourth-order valence-electron chi connectivity index (χ4n) is 3.14. The van der Waals surface area contributed by atoms with Crippen molar-refractivity contribution in [3.05, 3.63) is 0 Å². The molecule has 0 aromatic carbocycles. The van der Waals surface area contributed by atoms with Gasteiger partial charge >= 0.3 is 0 Å². The van der Waals surface area contributed by atoms with Crippen molar-refractivity contribution >= 4 is 5.91 Å². The van der Waals surface area contributed by atoms with Crippen LogP contribution in [0.5, 0.6) is 0 Å². The Kier molecular flexibility index (Phi) is 4.28. The highest BCUT2D eigenvalue weighted by molar-refractivity contribution is 5.78. The largest absolute Gasteiger partial charge is 0.393 e. The van der Waals surface area contributed by atoms with E-state index < -0.39 is 0 Å². The number of rotatable bonds is 4. The smallest absolute Gasteiger partial charge is 0.234 e. The molecule has 2 N–H and O–H groups in total. The fraction of sp³-hybridized carbons (Fsp3) is 0.929. The Morgan fingerprint density at radius 2 is 1.83 bits per heavy atom. The number of amides is 1. The van der Waals surface area contributed by atoms with Crippen molar-refractivity contribution in [3.8, 4) is 0 Å². The molecular weight excluding hydrogens is 228 g/mol. The van der Waals surface area contributed by atoms with Gasteiger partial charge in [-0.1, -0.05) is 13.8 Å². The first-order chi connectivity index (χ1) is 8.47. The molecule has 0 spiro atoms. The molecule has 2 fully saturated rings. The van der Waals surface area contributed by atoms with Crippen LogP contribution in [0.4, 0.5) is 0 Å². The van der Waals surface area contributed by atoms with Crippen molar-refractivity contribution in [1.29, 1.82) is 0 Å². The van der Waals surface area contributed by atoms with Gasteiger partial charge in [-0.05, 0) is 38.5 Å². The van der Waals surface area contributed by atoms with Crippen LogP contribution >= 0.6 is 0 Å². The lowest BCUT2D eigenvalue weighted by Gasteiger charge is -2.36. The molecule has 4 heteroatoms. The van der Waals surface area contributed by atoms with Crippen molar-refractivity contribution in [1.82, 2.24) is 10.2 Å². The van der Waals surface area contributed by atoms with Crippen LogP contribution in [0, 0.1) is 5.92 Å². The lowest BCUT2D eigenvalue weighted by atomic mass is 10.00. The Morgan fingerprint density at radius 1 is 1.28 bits per heavy atom. The molecule has 0 saturated carbocycles. The van der Waals surface area contributed by atoms with E-state index in [0.29, 0.717) is 24.5 Å². The zero-order chi connectivity index (χ0) is 13.3. The van der Waals surface area contributed by atoms with Gasteiger partial charge in [0.15, 0.2) is 0 Å². The summed E-state index contributed by atoms with van der Waals surface area (Å²) in [6.45, 7) is 6.79. The highest BCUT2D eigenvalue weighted by Crippen LogP contribution is 2.35. The van der Waals surface area contributed by atoms with E-state index in [9.17, 15) is 9.90 Å². The van der Waals surface area contributed by atoms with E-state index in [2.05, 4.69) is 31.0 Å².